The highest BCUT2D eigenvalue weighted by atomic mass is 32.2. The predicted octanol–water partition coefficient (Wildman–Crippen LogP) is 3.86. The van der Waals surface area contributed by atoms with E-state index in [9.17, 15) is 8.78 Å². The van der Waals surface area contributed by atoms with Gasteiger partial charge in [0, 0.05) is 4.90 Å². The molecule has 3 aromatic rings. The lowest BCUT2D eigenvalue weighted by atomic mass is 10.2. The molecule has 0 saturated carbocycles. The molecule has 3 rings (SSSR count). The fourth-order valence-corrected chi connectivity index (χ4v) is 2.50. The monoisotopic (exact) mass is 308 g/mol. The fraction of sp³-hybridized carbons (Fsp3) is 0.0769. The molecule has 0 aliphatic carbocycles. The van der Waals surface area contributed by atoms with Crippen LogP contribution >= 0.6 is 11.8 Å². The van der Waals surface area contributed by atoms with Crippen LogP contribution in [0.3, 0.4) is 0 Å². The van der Waals surface area contributed by atoms with Crippen LogP contribution in [0.15, 0.2) is 45.9 Å². The van der Waals surface area contributed by atoms with E-state index in [-0.39, 0.29) is 0 Å². The first kappa shape index (κ1) is 13.6. The van der Waals surface area contributed by atoms with Gasteiger partial charge in [-0.25, -0.2) is 4.63 Å². The number of anilines is 3. The molecule has 0 amide bonds. The minimum atomic E-state index is -2.49. The second-order valence-corrected chi connectivity index (χ2v) is 5.20. The Labute approximate surface area is 122 Å². The Kier molecular flexibility index (Phi) is 3.61. The van der Waals surface area contributed by atoms with Crippen molar-refractivity contribution in [1.82, 2.24) is 10.3 Å². The number of nitrogens with one attached hydrogen (secondary N) is 1. The normalized spacial score (nSPS) is 11.2. The van der Waals surface area contributed by atoms with Gasteiger partial charge in [-0.2, -0.15) is 8.78 Å². The van der Waals surface area contributed by atoms with Crippen LogP contribution < -0.4 is 11.1 Å². The molecule has 3 N–H and O–H groups in total. The van der Waals surface area contributed by atoms with Crippen LogP contribution in [0.4, 0.5) is 25.8 Å². The van der Waals surface area contributed by atoms with Crippen LogP contribution in [0.25, 0.3) is 11.0 Å². The molecule has 5 nitrogen and oxygen atoms in total. The topological polar surface area (TPSA) is 77.0 Å². The first-order valence-corrected chi connectivity index (χ1v) is 6.84. The van der Waals surface area contributed by atoms with Crippen molar-refractivity contribution in [2.24, 2.45) is 0 Å². The van der Waals surface area contributed by atoms with E-state index in [4.69, 9.17) is 5.73 Å². The average molecular weight is 308 g/mol. The van der Waals surface area contributed by atoms with E-state index in [2.05, 4.69) is 20.3 Å². The summed E-state index contributed by atoms with van der Waals surface area (Å²) < 4.78 is 29.8. The van der Waals surface area contributed by atoms with E-state index < -0.39 is 5.76 Å². The van der Waals surface area contributed by atoms with Crippen LogP contribution in [0.1, 0.15) is 0 Å². The highest BCUT2D eigenvalue weighted by molar-refractivity contribution is 7.99. The molecule has 0 radical (unpaired) electrons. The summed E-state index contributed by atoms with van der Waals surface area (Å²) in [6.45, 7) is 0. The van der Waals surface area contributed by atoms with Crippen molar-refractivity contribution in [3.05, 3.63) is 36.4 Å². The van der Waals surface area contributed by atoms with Crippen LogP contribution in [-0.4, -0.2) is 16.1 Å². The number of hydrogen-bond acceptors (Lipinski definition) is 6. The number of halogens is 2. The van der Waals surface area contributed by atoms with Gasteiger partial charge in [-0.1, -0.05) is 23.9 Å². The van der Waals surface area contributed by atoms with Crippen molar-refractivity contribution < 1.29 is 13.4 Å². The molecular formula is C13H10F2N4OS. The highest BCUT2D eigenvalue weighted by Gasteiger charge is 2.13. The third-order valence-corrected chi connectivity index (χ3v) is 3.61. The number of rotatable bonds is 4. The van der Waals surface area contributed by atoms with Gasteiger partial charge in [0.05, 0.1) is 17.1 Å². The SMILES string of the molecule is Nc1ccc(Nc2ccccc2SC(F)F)c2nonc12. The maximum Gasteiger partial charge on any atom is 0.288 e. The van der Waals surface area contributed by atoms with Crippen molar-refractivity contribution in [3.8, 4) is 0 Å². The summed E-state index contributed by atoms with van der Waals surface area (Å²) in [4.78, 5) is 0.439. The summed E-state index contributed by atoms with van der Waals surface area (Å²) in [6, 6.07) is 10.1. The number of nitrogens with two attached hydrogens (primary N) is 1. The lowest BCUT2D eigenvalue weighted by Gasteiger charge is -2.11. The van der Waals surface area contributed by atoms with E-state index in [1.54, 1.807) is 36.4 Å². The number of thioether (sulfide) groups is 1. The molecule has 1 aromatic heterocycles. The number of hydrogen-bond donors (Lipinski definition) is 2. The van der Waals surface area contributed by atoms with Gasteiger partial charge in [-0.15, -0.1) is 0 Å². The minimum Gasteiger partial charge on any atom is -0.397 e. The summed E-state index contributed by atoms with van der Waals surface area (Å²) in [7, 11) is 0. The van der Waals surface area contributed by atoms with Gasteiger partial charge >= 0.3 is 0 Å². The maximum atomic E-state index is 12.6. The number of aromatic nitrogens is 2. The summed E-state index contributed by atoms with van der Waals surface area (Å²) in [5.41, 5.74) is 8.22. The Bertz CT molecular complexity index is 778. The molecule has 0 fully saturated rings. The molecule has 1 heterocycles. The molecule has 8 heteroatoms. The molecular weight excluding hydrogens is 298 g/mol. The van der Waals surface area contributed by atoms with Crippen LogP contribution in [0, 0.1) is 0 Å². The fourth-order valence-electron chi connectivity index (χ4n) is 1.90. The Hall–Kier alpha value is -2.35. The van der Waals surface area contributed by atoms with E-state index in [0.717, 1.165) is 0 Å². The number of nitrogen functional groups attached to an aromatic ring is 1. The zero-order valence-corrected chi connectivity index (χ0v) is 11.4. The Morgan fingerprint density at radius 3 is 2.62 bits per heavy atom. The van der Waals surface area contributed by atoms with Gasteiger partial charge in [0.25, 0.3) is 5.76 Å². The summed E-state index contributed by atoms with van der Waals surface area (Å²) in [5.74, 6) is -2.49. The highest BCUT2D eigenvalue weighted by Crippen LogP contribution is 2.35. The van der Waals surface area contributed by atoms with Crippen LogP contribution in [-0.2, 0) is 0 Å². The van der Waals surface area contributed by atoms with Crippen molar-refractivity contribution >= 4 is 39.9 Å². The number of benzene rings is 2. The molecule has 0 unspecified atom stereocenters. The standard InChI is InChI=1S/C13H10F2N4OS/c14-13(15)21-10-4-2-1-3-8(10)17-9-6-5-7(16)11-12(9)19-20-18-11/h1-6,13,17H,16H2. The second kappa shape index (κ2) is 5.57. The minimum absolute atomic E-state index is 0.430. The number of nitrogens with zero attached hydrogens (tertiary/aromatic N) is 2. The lowest BCUT2D eigenvalue weighted by Crippen LogP contribution is -1.96. The average Bonchev–Trinajstić information content (AvgIpc) is 2.94. The molecule has 0 aliphatic rings. The van der Waals surface area contributed by atoms with Crippen LogP contribution in [0.2, 0.25) is 0 Å². The van der Waals surface area contributed by atoms with E-state index in [0.29, 0.717) is 44.8 Å². The number of alkyl halides is 2. The summed E-state index contributed by atoms with van der Waals surface area (Å²) in [5, 5.41) is 10.6. The summed E-state index contributed by atoms with van der Waals surface area (Å²) in [6.07, 6.45) is 0. The first-order valence-electron chi connectivity index (χ1n) is 5.97. The zero-order valence-electron chi connectivity index (χ0n) is 10.6. The molecule has 0 spiro atoms. The van der Waals surface area contributed by atoms with E-state index in [1.165, 1.54) is 0 Å². The Morgan fingerprint density at radius 1 is 1.05 bits per heavy atom. The van der Waals surface area contributed by atoms with Gasteiger partial charge in [0.15, 0.2) is 11.0 Å². The molecule has 0 saturated heterocycles. The smallest absolute Gasteiger partial charge is 0.288 e. The molecule has 2 aromatic carbocycles. The third-order valence-electron chi connectivity index (χ3n) is 2.82. The second-order valence-electron chi connectivity index (χ2n) is 4.16. The number of para-hydroxylation sites is 1. The molecule has 0 atom stereocenters. The van der Waals surface area contributed by atoms with E-state index >= 15 is 0 Å². The van der Waals surface area contributed by atoms with Crippen molar-refractivity contribution in [3.63, 3.8) is 0 Å². The zero-order chi connectivity index (χ0) is 14.8. The summed E-state index contributed by atoms with van der Waals surface area (Å²) >= 11 is 0.475. The molecule has 0 aliphatic heterocycles. The Balaban J connectivity index is 1.99. The third kappa shape index (κ3) is 2.75. The molecule has 108 valence electrons. The van der Waals surface area contributed by atoms with Crippen LogP contribution in [0.5, 0.6) is 0 Å². The number of fused-ring (bicyclic) bond motifs is 1. The molecule has 0 bridgehead atoms. The van der Waals surface area contributed by atoms with E-state index in [1.807, 2.05) is 0 Å². The van der Waals surface area contributed by atoms with Gasteiger partial charge in [-0.05, 0) is 34.6 Å². The van der Waals surface area contributed by atoms with Crippen molar-refractivity contribution in [1.29, 1.82) is 0 Å². The maximum absolute atomic E-state index is 12.6. The van der Waals surface area contributed by atoms with Crippen molar-refractivity contribution in [2.45, 2.75) is 10.7 Å². The predicted molar refractivity (Wildman–Crippen MR) is 77.8 cm³/mol. The van der Waals surface area contributed by atoms with Gasteiger partial charge in [-0.3, -0.25) is 0 Å². The lowest BCUT2D eigenvalue weighted by molar-refractivity contribution is 0.252. The largest absolute Gasteiger partial charge is 0.397 e. The quantitative estimate of drug-likeness (QED) is 0.563. The van der Waals surface area contributed by atoms with Gasteiger partial charge in [0.2, 0.25) is 0 Å². The van der Waals surface area contributed by atoms with Gasteiger partial charge < -0.3 is 11.1 Å². The van der Waals surface area contributed by atoms with Gasteiger partial charge in [0.1, 0.15) is 0 Å². The first-order chi connectivity index (χ1) is 10.1. The van der Waals surface area contributed by atoms with Crippen molar-refractivity contribution in [2.75, 3.05) is 11.1 Å². The molecule has 21 heavy (non-hydrogen) atoms. The Morgan fingerprint density at radius 2 is 1.81 bits per heavy atom.